The zero-order valence-corrected chi connectivity index (χ0v) is 11.4. The van der Waals surface area contributed by atoms with Gasteiger partial charge >= 0.3 is 0 Å². The lowest BCUT2D eigenvalue weighted by Gasteiger charge is -2.19. The minimum absolute atomic E-state index is 0.0141. The molecule has 17 heavy (non-hydrogen) atoms. The molecule has 1 aliphatic rings. The van der Waals surface area contributed by atoms with E-state index in [4.69, 9.17) is 9.84 Å². The van der Waals surface area contributed by atoms with E-state index in [1.54, 1.807) is 0 Å². The molecule has 0 saturated heterocycles. The average molecular weight is 265 g/mol. The van der Waals surface area contributed by atoms with Crippen LogP contribution in [0.1, 0.15) is 33.1 Å². The Morgan fingerprint density at radius 2 is 2.12 bits per heavy atom. The Morgan fingerprint density at radius 1 is 1.41 bits per heavy atom. The molecule has 0 aliphatic heterocycles. The zero-order valence-electron chi connectivity index (χ0n) is 10.6. The highest BCUT2D eigenvalue weighted by atomic mass is 32.2. The van der Waals surface area contributed by atoms with E-state index in [1.807, 2.05) is 13.8 Å². The molecule has 0 bridgehead atoms. The van der Waals surface area contributed by atoms with Crippen LogP contribution in [0.5, 0.6) is 0 Å². The summed E-state index contributed by atoms with van der Waals surface area (Å²) in [4.78, 5) is 0. The summed E-state index contributed by atoms with van der Waals surface area (Å²) in [7, 11) is -3.29. The van der Waals surface area contributed by atoms with Crippen LogP contribution in [0.4, 0.5) is 0 Å². The summed E-state index contributed by atoms with van der Waals surface area (Å²) in [5.74, 6) is 0.0515. The van der Waals surface area contributed by atoms with Gasteiger partial charge in [0.25, 0.3) is 0 Å². The van der Waals surface area contributed by atoms with Crippen molar-refractivity contribution in [2.24, 2.45) is 5.92 Å². The van der Waals surface area contributed by atoms with E-state index in [1.165, 1.54) is 0 Å². The van der Waals surface area contributed by atoms with Gasteiger partial charge in [-0.15, -0.1) is 0 Å². The molecular formula is C11H23NO4S. The van der Waals surface area contributed by atoms with Gasteiger partial charge in [0, 0.05) is 12.6 Å². The van der Waals surface area contributed by atoms with Gasteiger partial charge in [-0.2, -0.15) is 0 Å². The number of hydrogen-bond donors (Lipinski definition) is 2. The van der Waals surface area contributed by atoms with Crippen molar-refractivity contribution in [2.75, 3.05) is 19.0 Å². The molecule has 1 saturated carbocycles. The first-order chi connectivity index (χ1) is 7.94. The van der Waals surface area contributed by atoms with Crippen molar-refractivity contribution in [3.8, 4) is 0 Å². The highest BCUT2D eigenvalue weighted by molar-refractivity contribution is 7.89. The van der Waals surface area contributed by atoms with Crippen LogP contribution in [-0.4, -0.2) is 44.6 Å². The summed E-state index contributed by atoms with van der Waals surface area (Å²) in [6.45, 7) is 4.01. The minimum Gasteiger partial charge on any atom is -0.396 e. The molecule has 2 atom stereocenters. The van der Waals surface area contributed by atoms with Crippen LogP contribution in [0, 0.1) is 5.92 Å². The molecule has 0 spiro atoms. The number of sulfonamides is 1. The molecule has 0 heterocycles. The number of hydrogen-bond acceptors (Lipinski definition) is 4. The first-order valence-electron chi connectivity index (χ1n) is 6.17. The largest absolute Gasteiger partial charge is 0.396 e. The van der Waals surface area contributed by atoms with Gasteiger partial charge < -0.3 is 9.84 Å². The summed E-state index contributed by atoms with van der Waals surface area (Å²) in [6.07, 6.45) is 2.73. The zero-order chi connectivity index (χ0) is 12.9. The number of aliphatic hydroxyl groups is 1. The second-order valence-corrected chi connectivity index (χ2v) is 6.71. The maximum atomic E-state index is 11.8. The Morgan fingerprint density at radius 3 is 2.71 bits per heavy atom. The van der Waals surface area contributed by atoms with Gasteiger partial charge in [0.15, 0.2) is 0 Å². The van der Waals surface area contributed by atoms with Gasteiger partial charge in [-0.3, -0.25) is 0 Å². The van der Waals surface area contributed by atoms with Crippen LogP contribution >= 0.6 is 0 Å². The summed E-state index contributed by atoms with van der Waals surface area (Å²) in [5.41, 5.74) is 0. The summed E-state index contributed by atoms with van der Waals surface area (Å²) >= 11 is 0. The van der Waals surface area contributed by atoms with Crippen molar-refractivity contribution in [1.82, 2.24) is 4.72 Å². The molecule has 102 valence electrons. The predicted octanol–water partition coefficient (Wildman–Crippen LogP) is 0.492. The van der Waals surface area contributed by atoms with Crippen molar-refractivity contribution < 1.29 is 18.3 Å². The Hall–Kier alpha value is -0.170. The van der Waals surface area contributed by atoms with Crippen LogP contribution in [-0.2, 0) is 14.8 Å². The molecule has 5 nitrogen and oxygen atoms in total. The van der Waals surface area contributed by atoms with E-state index in [-0.39, 0.29) is 37.0 Å². The second kappa shape index (κ2) is 6.68. The van der Waals surface area contributed by atoms with Gasteiger partial charge in [-0.25, -0.2) is 13.1 Å². The Bertz CT molecular complexity index is 315. The molecule has 1 aliphatic carbocycles. The molecule has 1 fully saturated rings. The van der Waals surface area contributed by atoms with Crippen LogP contribution < -0.4 is 4.72 Å². The highest BCUT2D eigenvalue weighted by Gasteiger charge is 2.29. The van der Waals surface area contributed by atoms with E-state index < -0.39 is 10.0 Å². The van der Waals surface area contributed by atoms with E-state index >= 15 is 0 Å². The Balaban J connectivity index is 2.38. The van der Waals surface area contributed by atoms with Crippen LogP contribution in [0.25, 0.3) is 0 Å². The van der Waals surface area contributed by atoms with Crippen molar-refractivity contribution in [2.45, 2.75) is 45.3 Å². The summed E-state index contributed by atoms with van der Waals surface area (Å²) < 4.78 is 31.4. The SMILES string of the molecule is CC(C)OCCS(=O)(=O)NC1CCCC1CO. The predicted molar refractivity (Wildman–Crippen MR) is 66.2 cm³/mol. The highest BCUT2D eigenvalue weighted by Crippen LogP contribution is 2.25. The van der Waals surface area contributed by atoms with Crippen molar-refractivity contribution >= 4 is 10.0 Å². The fourth-order valence-electron chi connectivity index (χ4n) is 2.09. The third kappa shape index (κ3) is 5.33. The molecule has 0 aromatic heterocycles. The van der Waals surface area contributed by atoms with Gasteiger partial charge in [0.05, 0.1) is 18.5 Å². The monoisotopic (exact) mass is 265 g/mol. The van der Waals surface area contributed by atoms with Gasteiger partial charge in [0.2, 0.25) is 10.0 Å². The molecule has 2 N–H and O–H groups in total. The molecule has 2 unspecified atom stereocenters. The third-order valence-corrected chi connectivity index (χ3v) is 4.39. The fraction of sp³-hybridized carbons (Fsp3) is 1.00. The van der Waals surface area contributed by atoms with Crippen LogP contribution in [0.3, 0.4) is 0 Å². The van der Waals surface area contributed by atoms with Crippen molar-refractivity contribution in [3.63, 3.8) is 0 Å². The lowest BCUT2D eigenvalue weighted by molar-refractivity contribution is 0.0911. The number of aliphatic hydroxyl groups excluding tert-OH is 1. The molecule has 0 aromatic carbocycles. The summed E-state index contributed by atoms with van der Waals surface area (Å²) in [6, 6.07) is -0.107. The second-order valence-electron chi connectivity index (χ2n) is 4.84. The van der Waals surface area contributed by atoms with Crippen LogP contribution in [0.15, 0.2) is 0 Å². The first-order valence-corrected chi connectivity index (χ1v) is 7.82. The number of ether oxygens (including phenoxy) is 1. The quantitative estimate of drug-likeness (QED) is 0.702. The topological polar surface area (TPSA) is 75.6 Å². The fourth-order valence-corrected chi connectivity index (χ4v) is 3.30. The van der Waals surface area contributed by atoms with E-state index in [0.29, 0.717) is 0 Å². The molecular weight excluding hydrogens is 242 g/mol. The average Bonchev–Trinajstić information content (AvgIpc) is 2.63. The van der Waals surface area contributed by atoms with E-state index in [2.05, 4.69) is 4.72 Å². The van der Waals surface area contributed by atoms with E-state index in [9.17, 15) is 8.42 Å². The van der Waals surface area contributed by atoms with Crippen molar-refractivity contribution in [1.29, 1.82) is 0 Å². The minimum atomic E-state index is -3.29. The first kappa shape index (κ1) is 14.9. The lowest BCUT2D eigenvalue weighted by Crippen LogP contribution is -2.40. The maximum absolute atomic E-state index is 11.8. The smallest absolute Gasteiger partial charge is 0.214 e. The number of rotatable bonds is 7. The third-order valence-electron chi connectivity index (χ3n) is 3.03. The maximum Gasteiger partial charge on any atom is 0.214 e. The Labute approximate surface area is 104 Å². The van der Waals surface area contributed by atoms with Crippen LogP contribution in [0.2, 0.25) is 0 Å². The molecule has 0 aromatic rings. The molecule has 1 rings (SSSR count). The Kier molecular flexibility index (Phi) is 5.85. The van der Waals surface area contributed by atoms with Gasteiger partial charge in [-0.1, -0.05) is 6.42 Å². The van der Waals surface area contributed by atoms with Gasteiger partial charge in [0.1, 0.15) is 0 Å². The molecule has 6 heteroatoms. The number of nitrogens with one attached hydrogen (secondary N) is 1. The lowest BCUT2D eigenvalue weighted by atomic mass is 10.1. The normalized spacial score (nSPS) is 25.6. The molecule has 0 amide bonds. The van der Waals surface area contributed by atoms with Crippen molar-refractivity contribution in [3.05, 3.63) is 0 Å². The summed E-state index contributed by atoms with van der Waals surface area (Å²) in [5, 5.41) is 9.12. The molecule has 0 radical (unpaired) electrons. The van der Waals surface area contributed by atoms with Gasteiger partial charge in [-0.05, 0) is 32.6 Å². The van der Waals surface area contributed by atoms with E-state index in [0.717, 1.165) is 19.3 Å². The standard InChI is InChI=1S/C11H23NO4S/c1-9(2)16-6-7-17(14,15)12-11-5-3-4-10(11)8-13/h9-13H,3-8H2,1-2H3.